The van der Waals surface area contributed by atoms with Crippen molar-refractivity contribution in [2.75, 3.05) is 23.3 Å². The van der Waals surface area contributed by atoms with Crippen LogP contribution in [-0.4, -0.2) is 50.9 Å². The Kier molecular flexibility index (Phi) is 6.08. The predicted octanol–water partition coefficient (Wildman–Crippen LogP) is 3.23. The first kappa shape index (κ1) is 19.3. The molecule has 1 saturated heterocycles. The van der Waals surface area contributed by atoms with Gasteiger partial charge in [0.1, 0.15) is 12.4 Å². The molecule has 1 aliphatic heterocycles. The molecule has 0 unspecified atom stereocenters. The van der Waals surface area contributed by atoms with E-state index >= 15 is 0 Å². The Balaban J connectivity index is 1.72. The molecule has 0 bridgehead atoms. The van der Waals surface area contributed by atoms with Gasteiger partial charge in [-0.2, -0.15) is 0 Å². The zero-order chi connectivity index (χ0) is 19.4. The van der Waals surface area contributed by atoms with E-state index in [1.807, 2.05) is 6.92 Å². The van der Waals surface area contributed by atoms with Gasteiger partial charge in [-0.05, 0) is 18.6 Å². The van der Waals surface area contributed by atoms with Gasteiger partial charge in [0, 0.05) is 11.2 Å². The summed E-state index contributed by atoms with van der Waals surface area (Å²) in [5.41, 5.74) is 0. The molecule has 1 N–H and O–H groups in total. The normalized spacial score (nSPS) is 16.7. The fourth-order valence-corrected chi connectivity index (χ4v) is 3.16. The van der Waals surface area contributed by atoms with Crippen molar-refractivity contribution in [1.29, 1.82) is 0 Å². The Labute approximate surface area is 166 Å². The summed E-state index contributed by atoms with van der Waals surface area (Å²) >= 11 is 11.7. The van der Waals surface area contributed by atoms with Crippen LogP contribution in [0.25, 0.3) is 0 Å². The molecule has 1 aliphatic rings. The lowest BCUT2D eigenvalue weighted by atomic mass is 10.1. The minimum absolute atomic E-state index is 0.0955. The van der Waals surface area contributed by atoms with Gasteiger partial charge in [0.05, 0.1) is 30.0 Å². The molecule has 0 aromatic carbocycles. The van der Waals surface area contributed by atoms with E-state index in [0.29, 0.717) is 22.4 Å². The van der Waals surface area contributed by atoms with Crippen molar-refractivity contribution in [3.63, 3.8) is 0 Å². The number of urea groups is 1. The van der Waals surface area contributed by atoms with Crippen LogP contribution in [0.5, 0.6) is 0 Å². The number of amides is 3. The molecule has 3 heterocycles. The highest BCUT2D eigenvalue weighted by Gasteiger charge is 2.39. The summed E-state index contributed by atoms with van der Waals surface area (Å²) in [4.78, 5) is 40.5. The second kappa shape index (κ2) is 8.49. The molecule has 3 rings (SSSR count). The summed E-state index contributed by atoms with van der Waals surface area (Å²) in [7, 11) is 0. The van der Waals surface area contributed by atoms with Crippen molar-refractivity contribution in [2.45, 2.75) is 25.8 Å². The van der Waals surface area contributed by atoms with Crippen LogP contribution in [-0.2, 0) is 4.79 Å². The summed E-state index contributed by atoms with van der Waals surface area (Å²) in [5, 5.41) is 3.51. The van der Waals surface area contributed by atoms with Crippen LogP contribution in [0.4, 0.5) is 16.6 Å². The van der Waals surface area contributed by atoms with Crippen molar-refractivity contribution in [3.05, 3.63) is 40.8 Å². The van der Waals surface area contributed by atoms with Crippen molar-refractivity contribution in [1.82, 2.24) is 19.9 Å². The van der Waals surface area contributed by atoms with E-state index in [0.717, 1.165) is 12.8 Å². The summed E-state index contributed by atoms with van der Waals surface area (Å²) in [6, 6.07) is 2.73. The zero-order valence-corrected chi connectivity index (χ0v) is 16.1. The Hall–Kier alpha value is -2.45. The molecule has 3 amide bonds. The molecule has 1 fully saturated rings. The van der Waals surface area contributed by atoms with Gasteiger partial charge in [-0.1, -0.05) is 36.5 Å². The van der Waals surface area contributed by atoms with Crippen molar-refractivity contribution in [3.8, 4) is 0 Å². The topological polar surface area (TPSA) is 91.3 Å². The highest BCUT2D eigenvalue weighted by Crippen LogP contribution is 2.24. The summed E-state index contributed by atoms with van der Waals surface area (Å²) in [6.45, 7) is 2.35. The Morgan fingerprint density at radius 1 is 1.26 bits per heavy atom. The Morgan fingerprint density at radius 2 is 2.00 bits per heavy atom. The van der Waals surface area contributed by atoms with E-state index in [-0.39, 0.29) is 30.5 Å². The van der Waals surface area contributed by atoms with Gasteiger partial charge in [0.15, 0.2) is 0 Å². The van der Waals surface area contributed by atoms with Gasteiger partial charge >= 0.3 is 6.03 Å². The maximum Gasteiger partial charge on any atom is 0.327 e. The third-order valence-corrected chi connectivity index (χ3v) is 4.51. The molecular formula is C17H18Cl2N6O2. The third-order valence-electron chi connectivity index (χ3n) is 4.08. The van der Waals surface area contributed by atoms with Crippen LogP contribution < -0.4 is 10.2 Å². The molecule has 2 aromatic rings. The van der Waals surface area contributed by atoms with Crippen molar-refractivity contribution < 1.29 is 9.59 Å². The molecule has 0 saturated carbocycles. The number of hydrogen-bond acceptors (Lipinski definition) is 5. The number of hydrogen-bond donors (Lipinski definition) is 1. The lowest BCUT2D eigenvalue weighted by Gasteiger charge is -2.22. The van der Waals surface area contributed by atoms with Crippen LogP contribution in [0.15, 0.2) is 30.7 Å². The van der Waals surface area contributed by atoms with Crippen LogP contribution in [0.1, 0.15) is 19.8 Å². The summed E-state index contributed by atoms with van der Waals surface area (Å²) < 4.78 is 0. The number of nitrogens with one attached hydrogen (secondary N) is 1. The first-order valence-corrected chi connectivity index (χ1v) is 9.20. The van der Waals surface area contributed by atoms with Crippen LogP contribution in [0.2, 0.25) is 10.0 Å². The number of carbonyl (C=O) groups excluding carboxylic acids is 2. The zero-order valence-electron chi connectivity index (χ0n) is 14.6. The smallest absolute Gasteiger partial charge is 0.310 e. The maximum atomic E-state index is 12.8. The molecule has 1 atom stereocenters. The van der Waals surface area contributed by atoms with Crippen LogP contribution in [0, 0.1) is 0 Å². The standard InChI is InChI=1S/C17H18Cl2N6O2/c1-2-3-13-9-25(16-21-7-12(19)8-22-16)17(27)24(13)10-15(26)23-14-6-11(18)4-5-20-14/h4-8,13H,2-3,9-10H2,1H3,(H,20,23,26)/t13-/m0/s1. The van der Waals surface area contributed by atoms with Gasteiger partial charge in [-0.25, -0.2) is 19.7 Å². The largest absolute Gasteiger partial charge is 0.327 e. The lowest BCUT2D eigenvalue weighted by Crippen LogP contribution is -2.41. The van der Waals surface area contributed by atoms with Gasteiger partial charge in [0.2, 0.25) is 11.9 Å². The van der Waals surface area contributed by atoms with E-state index < -0.39 is 0 Å². The number of halogens is 2. The molecule has 142 valence electrons. The fraction of sp³-hybridized carbons (Fsp3) is 0.353. The number of aromatic nitrogens is 3. The molecular weight excluding hydrogens is 391 g/mol. The van der Waals surface area contributed by atoms with E-state index in [1.165, 1.54) is 28.4 Å². The fourth-order valence-electron chi connectivity index (χ4n) is 2.90. The molecule has 10 heteroatoms. The summed E-state index contributed by atoms with van der Waals surface area (Å²) in [6.07, 6.45) is 6.01. The van der Waals surface area contributed by atoms with Gasteiger partial charge in [0.25, 0.3) is 0 Å². The maximum absolute atomic E-state index is 12.8. The minimum Gasteiger partial charge on any atom is -0.310 e. The Bertz CT molecular complexity index is 832. The second-order valence-corrected chi connectivity index (χ2v) is 6.95. The first-order valence-electron chi connectivity index (χ1n) is 8.45. The van der Waals surface area contributed by atoms with E-state index in [2.05, 4.69) is 20.3 Å². The third kappa shape index (κ3) is 4.64. The predicted molar refractivity (Wildman–Crippen MR) is 103 cm³/mol. The molecule has 2 aromatic heterocycles. The average Bonchev–Trinajstić information content (AvgIpc) is 2.92. The molecule has 0 aliphatic carbocycles. The SMILES string of the molecule is CCC[C@H]1CN(c2ncc(Cl)cn2)C(=O)N1CC(=O)Nc1cc(Cl)ccn1. The number of anilines is 2. The highest BCUT2D eigenvalue weighted by molar-refractivity contribution is 6.31. The van der Waals surface area contributed by atoms with Gasteiger partial charge in [-0.15, -0.1) is 0 Å². The lowest BCUT2D eigenvalue weighted by molar-refractivity contribution is -0.117. The van der Waals surface area contributed by atoms with E-state index in [4.69, 9.17) is 23.2 Å². The van der Waals surface area contributed by atoms with Crippen LogP contribution in [0.3, 0.4) is 0 Å². The second-order valence-electron chi connectivity index (χ2n) is 6.07. The first-order chi connectivity index (χ1) is 13.0. The van der Waals surface area contributed by atoms with E-state index in [1.54, 1.807) is 12.1 Å². The average molecular weight is 409 g/mol. The monoisotopic (exact) mass is 408 g/mol. The van der Waals surface area contributed by atoms with Crippen molar-refractivity contribution in [2.24, 2.45) is 0 Å². The molecule has 27 heavy (non-hydrogen) atoms. The number of rotatable bonds is 6. The highest BCUT2D eigenvalue weighted by atomic mass is 35.5. The van der Waals surface area contributed by atoms with Gasteiger partial charge < -0.3 is 10.2 Å². The molecule has 0 spiro atoms. The number of pyridine rings is 1. The van der Waals surface area contributed by atoms with E-state index in [9.17, 15) is 9.59 Å². The summed E-state index contributed by atoms with van der Waals surface area (Å²) in [5.74, 6) is 0.257. The van der Waals surface area contributed by atoms with Crippen molar-refractivity contribution >= 4 is 46.9 Å². The molecule has 0 radical (unpaired) electrons. The minimum atomic E-state index is -0.349. The number of nitrogens with zero attached hydrogens (tertiary/aromatic N) is 5. The van der Waals surface area contributed by atoms with Crippen LogP contribution >= 0.6 is 23.2 Å². The van der Waals surface area contributed by atoms with Gasteiger partial charge in [-0.3, -0.25) is 9.69 Å². The Morgan fingerprint density at radius 3 is 2.67 bits per heavy atom. The molecule has 8 nitrogen and oxygen atoms in total. The quantitative estimate of drug-likeness (QED) is 0.791. The number of carbonyl (C=O) groups is 2.